The zero-order valence-corrected chi connectivity index (χ0v) is 12.3. The second-order valence-electron chi connectivity index (χ2n) is 6.51. The van der Waals surface area contributed by atoms with Crippen LogP contribution in [0, 0.1) is 11.3 Å². The first-order valence-corrected chi connectivity index (χ1v) is 7.49. The highest BCUT2D eigenvalue weighted by molar-refractivity contribution is 5.77. The van der Waals surface area contributed by atoms with Gasteiger partial charge in [0.2, 0.25) is 5.91 Å². The lowest BCUT2D eigenvalue weighted by atomic mass is 9.76. The molecule has 0 saturated heterocycles. The van der Waals surface area contributed by atoms with Crippen molar-refractivity contribution in [2.45, 2.75) is 59.3 Å². The van der Waals surface area contributed by atoms with Gasteiger partial charge in [0.15, 0.2) is 0 Å². The Morgan fingerprint density at radius 3 is 2.50 bits per heavy atom. The van der Waals surface area contributed by atoms with E-state index in [0.29, 0.717) is 17.9 Å². The summed E-state index contributed by atoms with van der Waals surface area (Å²) in [5.74, 6) is 0.787. The largest absolute Gasteiger partial charge is 0.355 e. The Morgan fingerprint density at radius 1 is 1.22 bits per heavy atom. The average Bonchev–Trinajstić information content (AvgIpc) is 2.29. The Bertz CT molecular complexity index is 245. The molecule has 106 valence electrons. The van der Waals surface area contributed by atoms with Crippen molar-refractivity contribution in [1.29, 1.82) is 0 Å². The van der Waals surface area contributed by atoms with Crippen molar-refractivity contribution < 1.29 is 4.79 Å². The maximum Gasteiger partial charge on any atom is 0.233 e. The zero-order valence-electron chi connectivity index (χ0n) is 12.3. The van der Waals surface area contributed by atoms with Gasteiger partial charge in [0.25, 0.3) is 0 Å². The van der Waals surface area contributed by atoms with Crippen LogP contribution in [-0.2, 0) is 4.79 Å². The maximum absolute atomic E-state index is 11.6. The minimum Gasteiger partial charge on any atom is -0.355 e. The van der Waals surface area contributed by atoms with E-state index in [1.54, 1.807) is 0 Å². The Morgan fingerprint density at radius 2 is 1.89 bits per heavy atom. The van der Waals surface area contributed by atoms with Gasteiger partial charge in [-0.15, -0.1) is 0 Å². The van der Waals surface area contributed by atoms with Crippen molar-refractivity contribution >= 4 is 5.91 Å². The first-order valence-electron chi connectivity index (χ1n) is 7.49. The Kier molecular flexibility index (Phi) is 6.69. The predicted octanol–water partition coefficient (Wildman–Crippen LogP) is 2.71. The minimum absolute atomic E-state index is 0.134. The van der Waals surface area contributed by atoms with Gasteiger partial charge in [0.1, 0.15) is 0 Å². The monoisotopic (exact) mass is 254 g/mol. The van der Waals surface area contributed by atoms with Crippen molar-refractivity contribution in [2.24, 2.45) is 11.3 Å². The lowest BCUT2D eigenvalue weighted by molar-refractivity contribution is -0.120. The molecule has 0 unspecified atom stereocenters. The summed E-state index contributed by atoms with van der Waals surface area (Å²) < 4.78 is 0. The Hall–Kier alpha value is -0.570. The van der Waals surface area contributed by atoms with Gasteiger partial charge in [-0.05, 0) is 30.6 Å². The summed E-state index contributed by atoms with van der Waals surface area (Å²) in [6, 6.07) is 0. The molecule has 3 heteroatoms. The minimum atomic E-state index is 0.134. The van der Waals surface area contributed by atoms with Crippen LogP contribution in [0.15, 0.2) is 0 Å². The third-order valence-electron chi connectivity index (χ3n) is 3.94. The number of carbonyl (C=O) groups excluding carboxylic acids is 1. The van der Waals surface area contributed by atoms with Gasteiger partial charge >= 0.3 is 0 Å². The van der Waals surface area contributed by atoms with Gasteiger partial charge in [-0.25, -0.2) is 0 Å². The summed E-state index contributed by atoms with van der Waals surface area (Å²) in [4.78, 5) is 11.6. The molecule has 1 rings (SSSR count). The van der Waals surface area contributed by atoms with Crippen LogP contribution < -0.4 is 10.6 Å². The third-order valence-corrected chi connectivity index (χ3v) is 3.94. The van der Waals surface area contributed by atoms with E-state index in [4.69, 9.17) is 0 Å². The second kappa shape index (κ2) is 7.78. The van der Waals surface area contributed by atoms with E-state index < -0.39 is 0 Å². The normalized spacial score (nSPS) is 18.9. The van der Waals surface area contributed by atoms with Gasteiger partial charge in [0.05, 0.1) is 6.54 Å². The first kappa shape index (κ1) is 15.5. The molecule has 0 heterocycles. The molecule has 0 aromatic heterocycles. The smallest absolute Gasteiger partial charge is 0.233 e. The fourth-order valence-corrected chi connectivity index (χ4v) is 2.62. The lowest BCUT2D eigenvalue weighted by Crippen LogP contribution is -2.40. The van der Waals surface area contributed by atoms with Crippen LogP contribution in [0.1, 0.15) is 59.3 Å². The van der Waals surface area contributed by atoms with E-state index in [9.17, 15) is 4.79 Å². The van der Waals surface area contributed by atoms with Crippen molar-refractivity contribution in [1.82, 2.24) is 10.6 Å². The first-order chi connectivity index (χ1) is 8.52. The number of hydrogen-bond acceptors (Lipinski definition) is 2. The molecular weight excluding hydrogens is 224 g/mol. The zero-order chi connectivity index (χ0) is 13.4. The fourth-order valence-electron chi connectivity index (χ4n) is 2.62. The van der Waals surface area contributed by atoms with Gasteiger partial charge < -0.3 is 10.6 Å². The van der Waals surface area contributed by atoms with Crippen molar-refractivity contribution in [3.05, 3.63) is 0 Å². The molecule has 0 radical (unpaired) electrons. The van der Waals surface area contributed by atoms with E-state index in [-0.39, 0.29) is 5.91 Å². The SMILES string of the molecule is CC(C)CCNC(=O)CNCC1(C)CCCCC1. The number of rotatable bonds is 7. The van der Waals surface area contributed by atoms with Crippen LogP contribution in [0.4, 0.5) is 0 Å². The van der Waals surface area contributed by atoms with Crippen LogP contribution in [0.2, 0.25) is 0 Å². The van der Waals surface area contributed by atoms with Crippen LogP contribution in [0.5, 0.6) is 0 Å². The molecule has 0 aromatic rings. The molecule has 0 aromatic carbocycles. The Balaban J connectivity index is 2.07. The average molecular weight is 254 g/mol. The van der Waals surface area contributed by atoms with Crippen LogP contribution >= 0.6 is 0 Å². The van der Waals surface area contributed by atoms with E-state index in [1.165, 1.54) is 32.1 Å². The standard InChI is InChI=1S/C15H30N2O/c1-13(2)7-10-17-14(18)11-16-12-15(3)8-5-4-6-9-15/h13,16H,4-12H2,1-3H3,(H,17,18). The molecule has 0 spiro atoms. The Labute approximate surface area is 112 Å². The van der Waals surface area contributed by atoms with E-state index >= 15 is 0 Å². The van der Waals surface area contributed by atoms with Gasteiger partial charge in [0, 0.05) is 13.1 Å². The maximum atomic E-state index is 11.6. The van der Waals surface area contributed by atoms with Crippen LogP contribution in [0.3, 0.4) is 0 Å². The van der Waals surface area contributed by atoms with Crippen molar-refractivity contribution in [3.8, 4) is 0 Å². The topological polar surface area (TPSA) is 41.1 Å². The highest BCUT2D eigenvalue weighted by Gasteiger charge is 2.26. The highest BCUT2D eigenvalue weighted by Crippen LogP contribution is 2.34. The molecule has 0 atom stereocenters. The summed E-state index contributed by atoms with van der Waals surface area (Å²) in [6.07, 6.45) is 7.73. The number of nitrogens with one attached hydrogen (secondary N) is 2. The second-order valence-corrected chi connectivity index (χ2v) is 6.51. The molecule has 1 amide bonds. The molecule has 18 heavy (non-hydrogen) atoms. The molecule has 1 fully saturated rings. The van der Waals surface area contributed by atoms with Gasteiger partial charge in [-0.2, -0.15) is 0 Å². The van der Waals surface area contributed by atoms with Crippen LogP contribution in [-0.4, -0.2) is 25.5 Å². The lowest BCUT2D eigenvalue weighted by Gasteiger charge is -2.33. The summed E-state index contributed by atoms with van der Waals surface area (Å²) in [7, 11) is 0. The molecule has 3 nitrogen and oxygen atoms in total. The molecule has 0 bridgehead atoms. The molecule has 1 aliphatic rings. The number of amides is 1. The quantitative estimate of drug-likeness (QED) is 0.733. The molecule has 0 aliphatic heterocycles. The molecule has 1 saturated carbocycles. The number of carbonyl (C=O) groups is 1. The third kappa shape index (κ3) is 6.39. The summed E-state index contributed by atoms with van der Waals surface area (Å²) in [5, 5.41) is 6.28. The summed E-state index contributed by atoms with van der Waals surface area (Å²) in [5.41, 5.74) is 0.413. The van der Waals surface area contributed by atoms with E-state index in [1.807, 2.05) is 0 Å². The molecule has 2 N–H and O–H groups in total. The van der Waals surface area contributed by atoms with Gasteiger partial charge in [-0.3, -0.25) is 4.79 Å². The van der Waals surface area contributed by atoms with E-state index in [0.717, 1.165) is 19.5 Å². The molecular formula is C15H30N2O. The van der Waals surface area contributed by atoms with Gasteiger partial charge in [-0.1, -0.05) is 40.0 Å². The predicted molar refractivity (Wildman–Crippen MR) is 76.5 cm³/mol. The number of hydrogen-bond donors (Lipinski definition) is 2. The van der Waals surface area contributed by atoms with E-state index in [2.05, 4.69) is 31.4 Å². The summed E-state index contributed by atoms with van der Waals surface area (Å²) >= 11 is 0. The summed E-state index contributed by atoms with van der Waals surface area (Å²) in [6.45, 7) is 8.94. The van der Waals surface area contributed by atoms with Crippen molar-refractivity contribution in [2.75, 3.05) is 19.6 Å². The fraction of sp³-hybridized carbons (Fsp3) is 0.933. The van der Waals surface area contributed by atoms with Crippen LogP contribution in [0.25, 0.3) is 0 Å². The highest BCUT2D eigenvalue weighted by atomic mass is 16.1. The molecule has 1 aliphatic carbocycles. The van der Waals surface area contributed by atoms with Crippen molar-refractivity contribution in [3.63, 3.8) is 0 Å².